The quantitative estimate of drug-likeness (QED) is 0.660. The van der Waals surface area contributed by atoms with Crippen molar-refractivity contribution in [3.8, 4) is 0 Å². The minimum atomic E-state index is -4.40. The summed E-state index contributed by atoms with van der Waals surface area (Å²) in [5.74, 6) is -2.70. The molecule has 0 bridgehead atoms. The minimum Gasteiger partial charge on any atom is -0.349 e. The summed E-state index contributed by atoms with van der Waals surface area (Å²) in [6.45, 7) is 1.50. The second-order valence-electron chi connectivity index (χ2n) is 7.27. The Morgan fingerprint density at radius 3 is 2.66 bits per heavy atom. The van der Waals surface area contributed by atoms with E-state index in [2.05, 4.69) is 16.0 Å². The Balaban J connectivity index is 1.66. The zero-order valence-corrected chi connectivity index (χ0v) is 15.4. The maximum Gasteiger partial charge on any atom is 0.403 e. The Morgan fingerprint density at radius 2 is 2.00 bits per heavy atom. The van der Waals surface area contributed by atoms with Crippen LogP contribution in [0.4, 0.5) is 22.0 Å². The van der Waals surface area contributed by atoms with E-state index in [9.17, 15) is 31.5 Å². The molecule has 2 aliphatic rings. The van der Waals surface area contributed by atoms with Crippen molar-refractivity contribution in [1.82, 2.24) is 16.0 Å². The third kappa shape index (κ3) is 4.92. The molecule has 3 unspecified atom stereocenters. The van der Waals surface area contributed by atoms with E-state index in [0.29, 0.717) is 6.07 Å². The molecule has 2 aliphatic heterocycles. The molecule has 4 atom stereocenters. The first kappa shape index (κ1) is 21.2. The van der Waals surface area contributed by atoms with Crippen molar-refractivity contribution >= 4 is 11.8 Å². The molecule has 5 nitrogen and oxygen atoms in total. The number of piperidine rings is 1. The largest absolute Gasteiger partial charge is 0.403 e. The van der Waals surface area contributed by atoms with Crippen molar-refractivity contribution in [3.63, 3.8) is 0 Å². The number of benzene rings is 1. The summed E-state index contributed by atoms with van der Waals surface area (Å²) < 4.78 is 65.7. The Hall–Kier alpha value is -2.49. The van der Waals surface area contributed by atoms with Gasteiger partial charge < -0.3 is 10.6 Å². The zero-order valence-electron chi connectivity index (χ0n) is 15.4. The summed E-state index contributed by atoms with van der Waals surface area (Å²) >= 11 is 0. The summed E-state index contributed by atoms with van der Waals surface area (Å²) in [5, 5.41) is 7.60. The van der Waals surface area contributed by atoms with Gasteiger partial charge in [0.2, 0.25) is 11.8 Å². The van der Waals surface area contributed by atoms with Gasteiger partial charge in [0.1, 0.15) is 17.7 Å². The van der Waals surface area contributed by atoms with Gasteiger partial charge in [0.05, 0.1) is 12.5 Å². The van der Waals surface area contributed by atoms with Gasteiger partial charge in [0.25, 0.3) is 0 Å². The lowest BCUT2D eigenvalue weighted by Crippen LogP contribution is -2.61. The van der Waals surface area contributed by atoms with E-state index >= 15 is 0 Å². The Morgan fingerprint density at radius 1 is 1.28 bits per heavy atom. The van der Waals surface area contributed by atoms with Gasteiger partial charge in [-0.25, -0.2) is 8.78 Å². The number of fused-ring (bicyclic) bond motifs is 1. The fourth-order valence-electron chi connectivity index (χ4n) is 3.63. The van der Waals surface area contributed by atoms with E-state index in [1.54, 1.807) is 0 Å². The second kappa shape index (κ2) is 8.10. The summed E-state index contributed by atoms with van der Waals surface area (Å²) in [6.07, 6.45) is -3.39. The fraction of sp³-hybridized carbons (Fsp3) is 0.474. The molecule has 1 aromatic rings. The van der Waals surface area contributed by atoms with E-state index in [1.807, 2.05) is 0 Å². The lowest BCUT2D eigenvalue weighted by atomic mass is 9.88. The first-order valence-corrected chi connectivity index (χ1v) is 9.13. The molecule has 0 radical (unpaired) electrons. The third-order valence-corrected chi connectivity index (χ3v) is 5.13. The number of hydrogen-bond acceptors (Lipinski definition) is 3. The number of nitrogens with one attached hydrogen (secondary N) is 3. The molecule has 0 spiro atoms. The zero-order chi connectivity index (χ0) is 21.3. The Labute approximate surface area is 163 Å². The molecule has 1 saturated heterocycles. The number of rotatable bonds is 4. The van der Waals surface area contributed by atoms with Crippen LogP contribution in [0.25, 0.3) is 0 Å². The molecule has 0 saturated carbocycles. The van der Waals surface area contributed by atoms with E-state index < -0.39 is 53.8 Å². The number of carbonyl (C=O) groups is 2. The van der Waals surface area contributed by atoms with Crippen LogP contribution in [0.1, 0.15) is 37.8 Å². The van der Waals surface area contributed by atoms with E-state index in [-0.39, 0.29) is 30.4 Å². The molecule has 1 fully saturated rings. The summed E-state index contributed by atoms with van der Waals surface area (Å²) in [5.41, 5.74) is 0.106. The first-order chi connectivity index (χ1) is 13.5. The highest BCUT2D eigenvalue weighted by Crippen LogP contribution is 2.30. The standard InChI is InChI=1S/C19H20F5N3O2/c1-9(12-3-2-11(20)8-13(12)21)25-17(28)7-10-6-15-14(27-18(10)29)4-5-16(26-15)19(22,23)24/h2-3,6,8-9,14-16,26H,4-5,7H2,1H3,(H,25,28)(H,27,29)/t9-,14?,15?,16?/m0/s1. The maximum absolute atomic E-state index is 13.8. The van der Waals surface area contributed by atoms with Crippen LogP contribution in [-0.2, 0) is 9.59 Å². The van der Waals surface area contributed by atoms with Gasteiger partial charge in [0.15, 0.2) is 0 Å². The molecule has 1 aromatic carbocycles. The van der Waals surface area contributed by atoms with E-state index in [1.165, 1.54) is 19.1 Å². The van der Waals surface area contributed by atoms with Crippen molar-refractivity contribution in [2.24, 2.45) is 0 Å². The normalized spacial score (nSPS) is 25.5. The van der Waals surface area contributed by atoms with Crippen LogP contribution in [-0.4, -0.2) is 36.1 Å². The Kier molecular flexibility index (Phi) is 5.92. The number of carbonyl (C=O) groups excluding carboxylic acids is 2. The monoisotopic (exact) mass is 417 g/mol. The Bertz CT molecular complexity index is 840. The summed E-state index contributed by atoms with van der Waals surface area (Å²) in [7, 11) is 0. The van der Waals surface area contributed by atoms with Crippen LogP contribution in [0.5, 0.6) is 0 Å². The van der Waals surface area contributed by atoms with Crippen molar-refractivity contribution in [1.29, 1.82) is 0 Å². The predicted octanol–water partition coefficient (Wildman–Crippen LogP) is 2.64. The van der Waals surface area contributed by atoms with Gasteiger partial charge in [-0.2, -0.15) is 13.2 Å². The average Bonchev–Trinajstić information content (AvgIpc) is 2.60. The lowest BCUT2D eigenvalue weighted by molar-refractivity contribution is -0.163. The van der Waals surface area contributed by atoms with Crippen molar-refractivity contribution < 1.29 is 31.5 Å². The van der Waals surface area contributed by atoms with Crippen LogP contribution in [0.3, 0.4) is 0 Å². The van der Waals surface area contributed by atoms with Crippen LogP contribution in [0.2, 0.25) is 0 Å². The molecular formula is C19H20F5N3O2. The molecule has 0 aliphatic carbocycles. The van der Waals surface area contributed by atoms with Gasteiger partial charge in [-0.15, -0.1) is 0 Å². The molecular weight excluding hydrogens is 397 g/mol. The highest BCUT2D eigenvalue weighted by molar-refractivity contribution is 5.99. The van der Waals surface area contributed by atoms with Gasteiger partial charge in [-0.1, -0.05) is 12.1 Å². The van der Waals surface area contributed by atoms with Crippen LogP contribution in [0.15, 0.2) is 29.8 Å². The van der Waals surface area contributed by atoms with Crippen molar-refractivity contribution in [2.75, 3.05) is 0 Å². The molecule has 10 heteroatoms. The van der Waals surface area contributed by atoms with Gasteiger partial charge >= 0.3 is 6.18 Å². The number of hydrogen-bond donors (Lipinski definition) is 3. The highest BCUT2D eigenvalue weighted by Gasteiger charge is 2.45. The molecule has 2 heterocycles. The smallest absolute Gasteiger partial charge is 0.349 e. The van der Waals surface area contributed by atoms with E-state index in [0.717, 1.165) is 6.07 Å². The summed E-state index contributed by atoms with van der Waals surface area (Å²) in [4.78, 5) is 24.5. The van der Waals surface area contributed by atoms with Gasteiger partial charge in [0, 0.05) is 29.3 Å². The minimum absolute atomic E-state index is 0.0332. The summed E-state index contributed by atoms with van der Waals surface area (Å²) in [6, 6.07) is -0.707. The van der Waals surface area contributed by atoms with Crippen LogP contribution < -0.4 is 16.0 Å². The van der Waals surface area contributed by atoms with Gasteiger partial charge in [-0.3, -0.25) is 14.9 Å². The van der Waals surface area contributed by atoms with Crippen LogP contribution >= 0.6 is 0 Å². The van der Waals surface area contributed by atoms with Crippen molar-refractivity contribution in [2.45, 2.75) is 56.5 Å². The molecule has 3 N–H and O–H groups in total. The average molecular weight is 417 g/mol. The third-order valence-electron chi connectivity index (χ3n) is 5.13. The first-order valence-electron chi connectivity index (χ1n) is 9.13. The molecule has 3 rings (SSSR count). The molecule has 2 amide bonds. The number of alkyl halides is 3. The van der Waals surface area contributed by atoms with Crippen molar-refractivity contribution in [3.05, 3.63) is 47.0 Å². The molecule has 29 heavy (non-hydrogen) atoms. The fourth-order valence-corrected chi connectivity index (χ4v) is 3.63. The SMILES string of the molecule is C[C@H](NC(=O)CC1=CC2NC(C(F)(F)F)CCC2NC1=O)c1ccc(F)cc1F. The van der Waals surface area contributed by atoms with E-state index in [4.69, 9.17) is 0 Å². The predicted molar refractivity (Wildman–Crippen MR) is 93.5 cm³/mol. The maximum atomic E-state index is 13.8. The van der Waals surface area contributed by atoms with Gasteiger partial charge in [-0.05, 0) is 25.8 Å². The topological polar surface area (TPSA) is 70.2 Å². The highest BCUT2D eigenvalue weighted by atomic mass is 19.4. The molecule has 0 aromatic heterocycles. The molecule has 158 valence electrons. The second-order valence-corrected chi connectivity index (χ2v) is 7.27. The lowest BCUT2D eigenvalue weighted by Gasteiger charge is -2.39. The van der Waals surface area contributed by atoms with Crippen LogP contribution in [0, 0.1) is 11.6 Å². The number of halogens is 5. The number of amides is 2.